The van der Waals surface area contributed by atoms with Crippen LogP contribution in [0.25, 0.3) is 0 Å². The van der Waals surface area contributed by atoms with E-state index in [1.54, 1.807) is 0 Å². The van der Waals surface area contributed by atoms with E-state index in [0.29, 0.717) is 5.92 Å². The highest BCUT2D eigenvalue weighted by Crippen LogP contribution is 2.30. The van der Waals surface area contributed by atoms with E-state index in [4.69, 9.17) is 0 Å². The number of aliphatic hydroxyl groups is 1. The first kappa shape index (κ1) is 24.2. The Morgan fingerprint density at radius 2 is 1.62 bits per heavy atom. The van der Waals surface area contributed by atoms with Crippen molar-refractivity contribution in [1.29, 1.82) is 0 Å². The first-order valence-electron chi connectivity index (χ1n) is 10.4. The molecular formula is C24H34Cl2N2O. The van der Waals surface area contributed by atoms with Crippen molar-refractivity contribution in [3.63, 3.8) is 0 Å². The fourth-order valence-electron chi connectivity index (χ4n) is 4.85. The molecule has 2 aliphatic rings. The highest BCUT2D eigenvalue weighted by molar-refractivity contribution is 5.85. The number of rotatable bonds is 4. The predicted octanol–water partition coefficient (Wildman–Crippen LogP) is 4.65. The van der Waals surface area contributed by atoms with Crippen LogP contribution in [-0.4, -0.2) is 53.2 Å². The lowest BCUT2D eigenvalue weighted by Gasteiger charge is -2.45. The first-order chi connectivity index (χ1) is 13.2. The van der Waals surface area contributed by atoms with E-state index in [-0.39, 0.29) is 37.0 Å². The topological polar surface area (TPSA) is 26.7 Å². The maximum absolute atomic E-state index is 10.7. The molecule has 0 unspecified atom stereocenters. The Labute approximate surface area is 187 Å². The molecule has 5 heteroatoms. The second-order valence-corrected chi connectivity index (χ2v) is 8.37. The van der Waals surface area contributed by atoms with Crippen molar-refractivity contribution < 1.29 is 5.11 Å². The highest BCUT2D eigenvalue weighted by Gasteiger charge is 2.34. The Bertz CT molecular complexity index is 735. The molecule has 2 atom stereocenters. The van der Waals surface area contributed by atoms with Gasteiger partial charge in [0.1, 0.15) is 0 Å². The second kappa shape index (κ2) is 11.3. The summed E-state index contributed by atoms with van der Waals surface area (Å²) in [5.74, 6) is 0.673. The summed E-state index contributed by atoms with van der Waals surface area (Å²) in [5.41, 5.74) is 4.18. The zero-order valence-electron chi connectivity index (χ0n) is 17.2. The van der Waals surface area contributed by atoms with Gasteiger partial charge in [-0.3, -0.25) is 9.80 Å². The maximum Gasteiger partial charge on any atom is 0.0720 e. The number of hydrogen-bond acceptors (Lipinski definition) is 3. The van der Waals surface area contributed by atoms with E-state index < -0.39 is 0 Å². The van der Waals surface area contributed by atoms with Crippen LogP contribution >= 0.6 is 24.8 Å². The van der Waals surface area contributed by atoms with Crippen molar-refractivity contribution in [2.24, 2.45) is 0 Å². The van der Waals surface area contributed by atoms with Gasteiger partial charge in [-0.05, 0) is 56.3 Å². The summed E-state index contributed by atoms with van der Waals surface area (Å²) in [7, 11) is 0. The van der Waals surface area contributed by atoms with Crippen molar-refractivity contribution in [3.05, 3.63) is 71.3 Å². The molecule has 2 heterocycles. The molecule has 2 fully saturated rings. The molecule has 0 radical (unpaired) electrons. The third-order valence-electron chi connectivity index (χ3n) is 6.39. The van der Waals surface area contributed by atoms with E-state index in [1.807, 2.05) is 0 Å². The second-order valence-electron chi connectivity index (χ2n) is 8.37. The number of benzene rings is 2. The van der Waals surface area contributed by atoms with Crippen molar-refractivity contribution in [3.8, 4) is 0 Å². The number of piperidine rings is 2. The van der Waals surface area contributed by atoms with Crippen molar-refractivity contribution in [1.82, 2.24) is 9.80 Å². The summed E-state index contributed by atoms with van der Waals surface area (Å²) in [6, 6.07) is 20.0. The van der Waals surface area contributed by atoms with Crippen LogP contribution in [0.2, 0.25) is 0 Å². The molecule has 29 heavy (non-hydrogen) atoms. The summed E-state index contributed by atoms with van der Waals surface area (Å²) in [6.07, 6.45) is 3.10. The predicted molar refractivity (Wildman–Crippen MR) is 125 cm³/mol. The minimum atomic E-state index is -0.188. The maximum atomic E-state index is 10.7. The largest absolute Gasteiger partial charge is 0.391 e. The van der Waals surface area contributed by atoms with Crippen LogP contribution in [0.3, 0.4) is 0 Å². The van der Waals surface area contributed by atoms with E-state index in [9.17, 15) is 5.11 Å². The number of nitrogens with zero attached hydrogens (tertiary/aromatic N) is 2. The first-order valence-corrected chi connectivity index (χ1v) is 10.4. The van der Waals surface area contributed by atoms with Gasteiger partial charge in [0.25, 0.3) is 0 Å². The fraction of sp³-hybridized carbons (Fsp3) is 0.500. The van der Waals surface area contributed by atoms with Gasteiger partial charge in [0.15, 0.2) is 0 Å². The molecule has 2 aliphatic heterocycles. The van der Waals surface area contributed by atoms with Crippen LogP contribution in [0.4, 0.5) is 0 Å². The third-order valence-corrected chi connectivity index (χ3v) is 6.39. The Morgan fingerprint density at radius 3 is 2.31 bits per heavy atom. The number of hydrogen-bond donors (Lipinski definition) is 1. The number of halogens is 2. The zero-order valence-corrected chi connectivity index (χ0v) is 18.9. The van der Waals surface area contributed by atoms with E-state index in [2.05, 4.69) is 71.3 Å². The average Bonchev–Trinajstić information content (AvgIpc) is 2.70. The summed E-state index contributed by atoms with van der Waals surface area (Å²) in [4.78, 5) is 5.07. The third kappa shape index (κ3) is 6.19. The number of likely N-dealkylation sites (tertiary alicyclic amines) is 2. The van der Waals surface area contributed by atoms with Gasteiger partial charge in [-0.15, -0.1) is 24.8 Å². The molecule has 2 saturated heterocycles. The molecule has 0 aliphatic carbocycles. The molecule has 160 valence electrons. The average molecular weight is 437 g/mol. The summed E-state index contributed by atoms with van der Waals surface area (Å²) >= 11 is 0. The SMILES string of the molecule is Cc1cccc(CN2CC[C@@H](O)[C@H](N3CCC(c4ccccc4)CC3)C2)c1.Cl.Cl. The van der Waals surface area contributed by atoms with Crippen LogP contribution in [-0.2, 0) is 6.54 Å². The van der Waals surface area contributed by atoms with Gasteiger partial charge < -0.3 is 5.11 Å². The Kier molecular flexibility index (Phi) is 9.45. The van der Waals surface area contributed by atoms with Gasteiger partial charge in [0, 0.05) is 25.7 Å². The quantitative estimate of drug-likeness (QED) is 0.754. The Balaban J connectivity index is 0.00000150. The van der Waals surface area contributed by atoms with E-state index >= 15 is 0 Å². The van der Waals surface area contributed by atoms with Crippen molar-refractivity contribution in [2.45, 2.75) is 50.8 Å². The van der Waals surface area contributed by atoms with Crippen LogP contribution < -0.4 is 0 Å². The molecule has 0 amide bonds. The molecule has 1 N–H and O–H groups in total. The van der Waals surface area contributed by atoms with Gasteiger partial charge in [-0.2, -0.15) is 0 Å². The summed E-state index contributed by atoms with van der Waals surface area (Å²) in [6.45, 7) is 7.31. The van der Waals surface area contributed by atoms with Crippen molar-refractivity contribution in [2.75, 3.05) is 26.2 Å². The number of aryl methyl sites for hydroxylation is 1. The molecule has 2 aromatic carbocycles. The lowest BCUT2D eigenvalue weighted by Crippen LogP contribution is -2.56. The van der Waals surface area contributed by atoms with E-state index in [0.717, 1.165) is 39.1 Å². The smallest absolute Gasteiger partial charge is 0.0720 e. The Morgan fingerprint density at radius 1 is 0.897 bits per heavy atom. The molecule has 0 spiro atoms. The lowest BCUT2D eigenvalue weighted by atomic mass is 9.88. The molecule has 0 saturated carbocycles. The van der Waals surface area contributed by atoms with Gasteiger partial charge >= 0.3 is 0 Å². The van der Waals surface area contributed by atoms with Gasteiger partial charge in [-0.25, -0.2) is 0 Å². The number of aliphatic hydroxyl groups excluding tert-OH is 1. The zero-order chi connectivity index (χ0) is 18.6. The molecule has 0 aromatic heterocycles. The standard InChI is InChI=1S/C24H32N2O.2ClH/c1-19-6-5-7-20(16-19)17-25-13-12-24(27)23(18-25)26-14-10-22(11-15-26)21-8-3-2-4-9-21;;/h2-9,16,22-24,27H,10-15,17-18H2,1H3;2*1H/t23-,24-;;/m1../s1. The monoisotopic (exact) mass is 436 g/mol. The van der Waals surface area contributed by atoms with Gasteiger partial charge in [0.2, 0.25) is 0 Å². The lowest BCUT2D eigenvalue weighted by molar-refractivity contribution is -0.0222. The van der Waals surface area contributed by atoms with Crippen LogP contribution in [0.5, 0.6) is 0 Å². The molecule has 0 bridgehead atoms. The normalized spacial score (nSPS) is 23.8. The summed E-state index contributed by atoms with van der Waals surface area (Å²) in [5, 5.41) is 10.7. The molecule has 3 nitrogen and oxygen atoms in total. The fourth-order valence-corrected chi connectivity index (χ4v) is 4.85. The molecule has 2 aromatic rings. The Hall–Kier alpha value is -1.10. The van der Waals surface area contributed by atoms with Crippen molar-refractivity contribution >= 4 is 24.8 Å². The minimum Gasteiger partial charge on any atom is -0.391 e. The van der Waals surface area contributed by atoms with Crippen LogP contribution in [0.15, 0.2) is 54.6 Å². The molecular weight excluding hydrogens is 403 g/mol. The van der Waals surface area contributed by atoms with Gasteiger partial charge in [0.05, 0.1) is 6.10 Å². The summed E-state index contributed by atoms with van der Waals surface area (Å²) < 4.78 is 0. The highest BCUT2D eigenvalue weighted by atomic mass is 35.5. The van der Waals surface area contributed by atoms with Crippen LogP contribution in [0.1, 0.15) is 41.9 Å². The molecule has 4 rings (SSSR count). The van der Waals surface area contributed by atoms with Crippen LogP contribution in [0, 0.1) is 6.92 Å². The minimum absolute atomic E-state index is 0. The van der Waals surface area contributed by atoms with Gasteiger partial charge in [-0.1, -0.05) is 60.2 Å². The van der Waals surface area contributed by atoms with E-state index in [1.165, 1.54) is 29.5 Å².